The van der Waals surface area contributed by atoms with E-state index >= 15 is 0 Å². The number of carbonyl (C=O) groups excluding carboxylic acids is 1. The molecule has 0 bridgehead atoms. The van der Waals surface area contributed by atoms with Crippen molar-refractivity contribution in [3.63, 3.8) is 0 Å². The Bertz CT molecular complexity index is 950. The van der Waals surface area contributed by atoms with Gasteiger partial charge in [0.1, 0.15) is 11.4 Å². The molecule has 1 amide bonds. The Morgan fingerprint density at radius 3 is 2.81 bits per heavy atom. The highest BCUT2D eigenvalue weighted by Gasteiger charge is 2.20. The molecular weight excluding hydrogens is 336 g/mol. The first-order valence-electron chi connectivity index (χ1n) is 7.87. The number of nitrogens with zero attached hydrogens (tertiary/aromatic N) is 4. The first-order chi connectivity index (χ1) is 12.6. The molecule has 3 rings (SSSR count). The number of aromatic nitrogens is 5. The molecule has 0 spiro atoms. The third-order valence-corrected chi connectivity index (χ3v) is 3.83. The number of hydrogen-bond donors (Lipinski definition) is 2. The van der Waals surface area contributed by atoms with E-state index in [9.17, 15) is 9.59 Å². The number of pyridine rings is 1. The highest BCUT2D eigenvalue weighted by Crippen LogP contribution is 2.13. The molecule has 134 valence electrons. The van der Waals surface area contributed by atoms with E-state index in [1.54, 1.807) is 48.5 Å². The minimum absolute atomic E-state index is 0.0825. The van der Waals surface area contributed by atoms with Crippen LogP contribution in [-0.4, -0.2) is 44.4 Å². The van der Waals surface area contributed by atoms with Crippen LogP contribution in [0.1, 0.15) is 22.1 Å². The van der Waals surface area contributed by atoms with Crippen molar-refractivity contribution in [3.05, 3.63) is 64.6 Å². The van der Waals surface area contributed by atoms with E-state index in [0.717, 1.165) is 5.69 Å². The molecular formula is C17H18N6O3. The van der Waals surface area contributed by atoms with Gasteiger partial charge in [0.05, 0.1) is 18.3 Å². The van der Waals surface area contributed by atoms with Gasteiger partial charge in [0.2, 0.25) is 0 Å². The van der Waals surface area contributed by atoms with E-state index in [2.05, 4.69) is 25.4 Å². The fourth-order valence-electron chi connectivity index (χ4n) is 2.54. The number of nitrogens with one attached hydrogen (secondary N) is 2. The maximum absolute atomic E-state index is 12.5. The van der Waals surface area contributed by atoms with E-state index in [1.807, 2.05) is 0 Å². The average molecular weight is 354 g/mol. The topological polar surface area (TPSA) is 115 Å². The first kappa shape index (κ1) is 17.5. The maximum Gasteiger partial charge on any atom is 0.264 e. The van der Waals surface area contributed by atoms with Gasteiger partial charge in [-0.3, -0.25) is 19.3 Å². The monoisotopic (exact) mass is 354 g/mol. The van der Waals surface area contributed by atoms with Gasteiger partial charge in [0, 0.05) is 44.5 Å². The number of aryl methyl sites for hydroxylation is 1. The molecule has 0 radical (unpaired) electrons. The molecule has 9 heteroatoms. The van der Waals surface area contributed by atoms with Crippen LogP contribution in [0.5, 0.6) is 0 Å². The number of amides is 1. The Labute approximate surface area is 149 Å². The van der Waals surface area contributed by atoms with Gasteiger partial charge in [0.15, 0.2) is 0 Å². The molecule has 2 N–H and O–H groups in total. The molecule has 0 aliphatic heterocycles. The normalized spacial score (nSPS) is 11.9. The summed E-state index contributed by atoms with van der Waals surface area (Å²) in [6.07, 6.45) is 6.08. The average Bonchev–Trinajstić information content (AvgIpc) is 3.07. The highest BCUT2D eigenvalue weighted by atomic mass is 16.5. The molecule has 0 unspecified atom stereocenters. The molecule has 3 heterocycles. The minimum atomic E-state index is -0.542. The summed E-state index contributed by atoms with van der Waals surface area (Å²) < 4.78 is 6.80. The molecule has 0 aliphatic rings. The third kappa shape index (κ3) is 3.67. The summed E-state index contributed by atoms with van der Waals surface area (Å²) in [7, 11) is 3.30. The molecule has 0 fully saturated rings. The van der Waals surface area contributed by atoms with Crippen LogP contribution < -0.4 is 10.9 Å². The minimum Gasteiger partial charge on any atom is -0.382 e. The lowest BCUT2D eigenvalue weighted by atomic mass is 10.2. The fourth-order valence-corrected chi connectivity index (χ4v) is 2.54. The standard InChI is InChI=1S/C17H18N6O3/c1-23-14(5-7-20-23)13(10-26-2)21-16(24)12-9-19-15(22-17(12)25)11-4-3-6-18-8-11/h3-9,13H,10H2,1-2H3,(H,21,24)(H,19,22,25)/t13-/m0/s1. The van der Waals surface area contributed by atoms with Crippen LogP contribution in [0.3, 0.4) is 0 Å². The Hall–Kier alpha value is -3.33. The third-order valence-electron chi connectivity index (χ3n) is 3.83. The van der Waals surface area contributed by atoms with Crippen LogP contribution in [0, 0.1) is 0 Å². The van der Waals surface area contributed by atoms with Gasteiger partial charge >= 0.3 is 0 Å². The van der Waals surface area contributed by atoms with Crippen LogP contribution in [0.2, 0.25) is 0 Å². The predicted molar refractivity (Wildman–Crippen MR) is 93.4 cm³/mol. The second kappa shape index (κ2) is 7.70. The van der Waals surface area contributed by atoms with Gasteiger partial charge in [0.25, 0.3) is 11.5 Å². The summed E-state index contributed by atoms with van der Waals surface area (Å²) in [6, 6.07) is 4.83. The Morgan fingerprint density at radius 2 is 2.19 bits per heavy atom. The predicted octanol–water partition coefficient (Wildman–Crippen LogP) is 0.683. The molecule has 0 aromatic carbocycles. The van der Waals surface area contributed by atoms with Crippen LogP contribution in [-0.2, 0) is 11.8 Å². The van der Waals surface area contributed by atoms with Crippen LogP contribution in [0.4, 0.5) is 0 Å². The largest absolute Gasteiger partial charge is 0.382 e. The van der Waals surface area contributed by atoms with Gasteiger partial charge in [-0.1, -0.05) is 0 Å². The zero-order valence-electron chi connectivity index (χ0n) is 14.3. The Balaban J connectivity index is 1.83. The summed E-state index contributed by atoms with van der Waals surface area (Å²) in [6.45, 7) is 0.240. The van der Waals surface area contributed by atoms with Crippen molar-refractivity contribution < 1.29 is 9.53 Å². The van der Waals surface area contributed by atoms with Gasteiger partial charge in [-0.15, -0.1) is 0 Å². The molecule has 3 aromatic heterocycles. The molecule has 3 aromatic rings. The zero-order valence-corrected chi connectivity index (χ0v) is 14.3. The first-order valence-corrected chi connectivity index (χ1v) is 7.87. The van der Waals surface area contributed by atoms with Crippen molar-refractivity contribution in [2.45, 2.75) is 6.04 Å². The second-order valence-corrected chi connectivity index (χ2v) is 5.58. The number of methoxy groups -OCH3 is 1. The van der Waals surface area contributed by atoms with Crippen molar-refractivity contribution in [1.29, 1.82) is 0 Å². The molecule has 0 saturated carbocycles. The summed E-state index contributed by atoms with van der Waals surface area (Å²) >= 11 is 0. The Kier molecular flexibility index (Phi) is 5.18. The van der Waals surface area contributed by atoms with Crippen LogP contribution in [0.25, 0.3) is 11.4 Å². The summed E-state index contributed by atoms with van der Waals surface area (Å²) in [5.74, 6) is -0.195. The second-order valence-electron chi connectivity index (χ2n) is 5.58. The van der Waals surface area contributed by atoms with Crippen molar-refractivity contribution >= 4 is 5.91 Å². The smallest absolute Gasteiger partial charge is 0.264 e. The number of carbonyl (C=O) groups is 1. The van der Waals surface area contributed by atoms with Gasteiger partial charge < -0.3 is 15.0 Å². The maximum atomic E-state index is 12.5. The number of H-pyrrole nitrogens is 1. The van der Waals surface area contributed by atoms with E-state index in [4.69, 9.17) is 4.74 Å². The lowest BCUT2D eigenvalue weighted by molar-refractivity contribution is 0.0890. The number of ether oxygens (including phenoxy) is 1. The number of aromatic amines is 1. The van der Waals surface area contributed by atoms with Crippen molar-refractivity contribution in [2.75, 3.05) is 13.7 Å². The molecule has 0 saturated heterocycles. The van der Waals surface area contributed by atoms with Crippen LogP contribution >= 0.6 is 0 Å². The zero-order chi connectivity index (χ0) is 18.5. The highest BCUT2D eigenvalue weighted by molar-refractivity contribution is 5.93. The lowest BCUT2D eigenvalue weighted by Crippen LogP contribution is -2.36. The molecule has 1 atom stereocenters. The number of rotatable bonds is 6. The quantitative estimate of drug-likeness (QED) is 0.673. The molecule has 0 aliphatic carbocycles. The van der Waals surface area contributed by atoms with E-state index in [1.165, 1.54) is 13.3 Å². The van der Waals surface area contributed by atoms with Crippen molar-refractivity contribution in [3.8, 4) is 11.4 Å². The van der Waals surface area contributed by atoms with Crippen molar-refractivity contribution in [1.82, 2.24) is 30.0 Å². The van der Waals surface area contributed by atoms with Crippen LogP contribution in [0.15, 0.2) is 47.8 Å². The summed E-state index contributed by atoms with van der Waals surface area (Å²) in [5, 5.41) is 6.87. The van der Waals surface area contributed by atoms with E-state index in [0.29, 0.717) is 11.4 Å². The van der Waals surface area contributed by atoms with Crippen molar-refractivity contribution in [2.24, 2.45) is 7.05 Å². The molecule has 26 heavy (non-hydrogen) atoms. The fraction of sp³-hybridized carbons (Fsp3) is 0.235. The molecule has 9 nitrogen and oxygen atoms in total. The van der Waals surface area contributed by atoms with Gasteiger partial charge in [-0.25, -0.2) is 4.98 Å². The van der Waals surface area contributed by atoms with Gasteiger partial charge in [-0.05, 0) is 18.2 Å². The van der Waals surface area contributed by atoms with Gasteiger partial charge in [-0.2, -0.15) is 5.10 Å². The summed E-state index contributed by atoms with van der Waals surface area (Å²) in [4.78, 5) is 35.6. The van der Waals surface area contributed by atoms with E-state index < -0.39 is 17.5 Å². The van der Waals surface area contributed by atoms with E-state index in [-0.39, 0.29) is 12.2 Å². The number of hydrogen-bond acceptors (Lipinski definition) is 6. The summed E-state index contributed by atoms with van der Waals surface area (Å²) in [5.41, 5.74) is 0.804. The SMILES string of the molecule is COC[C@H](NC(=O)c1cnc(-c2cccnc2)[nH]c1=O)c1ccnn1C. The lowest BCUT2D eigenvalue weighted by Gasteiger charge is -2.18. The Morgan fingerprint density at radius 1 is 1.35 bits per heavy atom.